The summed E-state index contributed by atoms with van der Waals surface area (Å²) in [6.45, 7) is -0.910. The maximum atomic E-state index is 10.8. The van der Waals surface area contributed by atoms with Gasteiger partial charge in [-0.1, -0.05) is 19.8 Å². The van der Waals surface area contributed by atoms with E-state index in [4.69, 9.17) is 25.4 Å². The second-order valence-electron chi connectivity index (χ2n) is 5.67. The minimum atomic E-state index is -3.29. The first-order chi connectivity index (χ1) is 13.3. The van der Waals surface area contributed by atoms with Crippen LogP contribution in [0.4, 0.5) is 11.4 Å². The van der Waals surface area contributed by atoms with Crippen LogP contribution in [0.2, 0.25) is 0 Å². The van der Waals surface area contributed by atoms with Gasteiger partial charge in [-0.15, -0.1) is 0 Å². The molecule has 0 bridgehead atoms. The normalized spacial score (nSPS) is 11.0. The molecule has 0 saturated carbocycles. The monoisotopic (exact) mass is 426 g/mol. The molecule has 0 heterocycles. The SMILES string of the molecule is CCCCCOP(=S)(Oc1ccc([N+](=O)[O-])cc1)Oc1ccc([N+](=O)[O-])cc1. The molecule has 0 saturated heterocycles. The van der Waals surface area contributed by atoms with Crippen LogP contribution in [0.25, 0.3) is 0 Å². The molecule has 11 heteroatoms. The predicted octanol–water partition coefficient (Wildman–Crippen LogP) is 5.39. The molecule has 0 unspecified atom stereocenters. The van der Waals surface area contributed by atoms with Crippen LogP contribution in [-0.2, 0) is 16.3 Å². The minimum absolute atomic E-state index is 0.0826. The molecule has 28 heavy (non-hydrogen) atoms. The highest BCUT2D eigenvalue weighted by atomic mass is 32.5. The smallest absolute Gasteiger partial charge is 0.416 e. The van der Waals surface area contributed by atoms with Gasteiger partial charge in [0.15, 0.2) is 0 Å². The Bertz CT molecular complexity index is 795. The fourth-order valence-electron chi connectivity index (χ4n) is 2.12. The fraction of sp³-hybridized carbons (Fsp3) is 0.294. The summed E-state index contributed by atoms with van der Waals surface area (Å²) in [7, 11) is 0. The largest absolute Gasteiger partial charge is 0.434 e. The Hall–Kier alpha value is -2.55. The van der Waals surface area contributed by atoms with Crippen LogP contribution in [0.15, 0.2) is 48.5 Å². The van der Waals surface area contributed by atoms with E-state index in [1.807, 2.05) is 0 Å². The van der Waals surface area contributed by atoms with Crippen LogP contribution in [0.5, 0.6) is 11.5 Å². The average molecular weight is 426 g/mol. The van der Waals surface area contributed by atoms with Gasteiger partial charge in [-0.2, -0.15) is 0 Å². The van der Waals surface area contributed by atoms with Crippen molar-refractivity contribution in [1.29, 1.82) is 0 Å². The van der Waals surface area contributed by atoms with Crippen LogP contribution < -0.4 is 9.05 Å². The lowest BCUT2D eigenvalue weighted by molar-refractivity contribution is -0.385. The highest BCUT2D eigenvalue weighted by molar-refractivity contribution is 8.07. The van der Waals surface area contributed by atoms with Crippen LogP contribution in [0.1, 0.15) is 26.2 Å². The first-order valence-electron chi connectivity index (χ1n) is 8.45. The topological polar surface area (TPSA) is 114 Å². The van der Waals surface area contributed by atoms with E-state index in [9.17, 15) is 20.2 Å². The van der Waals surface area contributed by atoms with E-state index < -0.39 is 16.6 Å². The molecule has 0 amide bonds. The maximum Gasteiger partial charge on any atom is 0.434 e. The summed E-state index contributed by atoms with van der Waals surface area (Å²) in [4.78, 5) is 20.5. The van der Waals surface area contributed by atoms with Crippen molar-refractivity contribution in [2.45, 2.75) is 26.2 Å². The molecular weight excluding hydrogens is 407 g/mol. The summed E-state index contributed by atoms with van der Waals surface area (Å²) in [5.74, 6) is 0.540. The molecule has 0 spiro atoms. The minimum Gasteiger partial charge on any atom is -0.416 e. The number of nitro groups is 2. The van der Waals surface area contributed by atoms with Crippen molar-refractivity contribution >= 4 is 29.9 Å². The first kappa shape index (κ1) is 21.7. The van der Waals surface area contributed by atoms with Crippen LogP contribution in [-0.4, -0.2) is 16.5 Å². The van der Waals surface area contributed by atoms with Crippen molar-refractivity contribution in [3.8, 4) is 11.5 Å². The molecular formula is C17H19N2O7PS. The molecule has 0 aromatic heterocycles. The van der Waals surface area contributed by atoms with Gasteiger partial charge >= 0.3 is 6.72 Å². The van der Waals surface area contributed by atoms with Crippen LogP contribution in [0, 0.1) is 20.2 Å². The number of hydrogen-bond donors (Lipinski definition) is 0. The van der Waals surface area contributed by atoms with E-state index in [2.05, 4.69) is 6.92 Å². The Kier molecular flexibility index (Phi) is 7.86. The molecule has 0 fully saturated rings. The molecule has 0 aliphatic heterocycles. The Labute approximate surface area is 166 Å². The van der Waals surface area contributed by atoms with Gasteiger partial charge in [-0.25, -0.2) is 0 Å². The molecule has 2 rings (SSSR count). The predicted molar refractivity (Wildman–Crippen MR) is 107 cm³/mol. The van der Waals surface area contributed by atoms with Gasteiger partial charge in [0, 0.05) is 36.1 Å². The number of rotatable bonds is 11. The van der Waals surface area contributed by atoms with E-state index in [1.54, 1.807) is 0 Å². The highest BCUT2D eigenvalue weighted by Gasteiger charge is 2.25. The standard InChI is InChI=1S/C17H19N2O7PS/c1-2-3-4-13-24-27(28,25-16-9-5-14(6-10-16)18(20)21)26-17-11-7-15(8-12-17)19(22)23/h5-12H,2-4,13H2,1H3. The summed E-state index contributed by atoms with van der Waals surface area (Å²) >= 11 is 5.46. The van der Waals surface area contributed by atoms with E-state index in [1.165, 1.54) is 48.5 Å². The lowest BCUT2D eigenvalue weighted by Crippen LogP contribution is -2.06. The van der Waals surface area contributed by atoms with Gasteiger partial charge in [0.25, 0.3) is 11.4 Å². The lowest BCUT2D eigenvalue weighted by Gasteiger charge is -2.22. The van der Waals surface area contributed by atoms with Crippen LogP contribution >= 0.6 is 6.72 Å². The molecule has 2 aromatic carbocycles. The molecule has 0 atom stereocenters. The zero-order valence-corrected chi connectivity index (χ0v) is 16.8. The van der Waals surface area contributed by atoms with Gasteiger partial charge in [0.1, 0.15) is 11.5 Å². The third-order valence-corrected chi connectivity index (χ3v) is 5.66. The highest BCUT2D eigenvalue weighted by Crippen LogP contribution is 2.50. The molecule has 0 aliphatic rings. The molecule has 0 N–H and O–H groups in total. The van der Waals surface area contributed by atoms with Crippen molar-refractivity contribution in [2.75, 3.05) is 6.61 Å². The molecule has 0 radical (unpaired) electrons. The second kappa shape index (κ2) is 10.1. The number of nitro benzene ring substituents is 2. The summed E-state index contributed by atoms with van der Waals surface area (Å²) in [5, 5.41) is 21.5. The van der Waals surface area contributed by atoms with Gasteiger partial charge in [-0.3, -0.25) is 24.8 Å². The average Bonchev–Trinajstić information content (AvgIpc) is 2.66. The third-order valence-electron chi connectivity index (χ3n) is 3.53. The van der Waals surface area contributed by atoms with Crippen molar-refractivity contribution in [1.82, 2.24) is 0 Å². The Morgan fingerprint density at radius 1 is 0.857 bits per heavy atom. The van der Waals surface area contributed by atoms with Gasteiger partial charge in [-0.05, 0) is 30.7 Å². The number of benzene rings is 2. The summed E-state index contributed by atoms with van der Waals surface area (Å²) in [5.41, 5.74) is -0.165. The molecule has 2 aromatic rings. The number of nitrogens with zero attached hydrogens (tertiary/aromatic N) is 2. The first-order valence-corrected chi connectivity index (χ1v) is 11.0. The Morgan fingerprint density at radius 3 is 1.64 bits per heavy atom. The number of hydrogen-bond acceptors (Lipinski definition) is 8. The number of unbranched alkanes of at least 4 members (excludes halogenated alkanes) is 2. The Morgan fingerprint density at radius 2 is 1.29 bits per heavy atom. The van der Waals surface area contributed by atoms with Crippen molar-refractivity contribution < 1.29 is 23.4 Å². The van der Waals surface area contributed by atoms with Gasteiger partial charge < -0.3 is 9.05 Å². The van der Waals surface area contributed by atoms with E-state index in [0.29, 0.717) is 6.61 Å². The summed E-state index contributed by atoms with van der Waals surface area (Å²) in [6.07, 6.45) is 2.71. The van der Waals surface area contributed by atoms with Gasteiger partial charge in [0.05, 0.1) is 16.5 Å². The molecule has 150 valence electrons. The van der Waals surface area contributed by atoms with Crippen molar-refractivity contribution in [2.24, 2.45) is 0 Å². The maximum absolute atomic E-state index is 10.8. The number of non-ortho nitro benzene ring substituents is 2. The van der Waals surface area contributed by atoms with Gasteiger partial charge in [0.2, 0.25) is 0 Å². The fourth-order valence-corrected chi connectivity index (χ4v) is 4.11. The zero-order chi connectivity index (χ0) is 20.6. The van der Waals surface area contributed by atoms with E-state index in [0.717, 1.165) is 19.3 Å². The summed E-state index contributed by atoms with van der Waals surface area (Å²) < 4.78 is 17.2. The molecule has 9 nitrogen and oxygen atoms in total. The van der Waals surface area contributed by atoms with E-state index >= 15 is 0 Å². The second-order valence-corrected chi connectivity index (χ2v) is 8.53. The van der Waals surface area contributed by atoms with Crippen molar-refractivity contribution in [3.63, 3.8) is 0 Å². The third kappa shape index (κ3) is 6.56. The lowest BCUT2D eigenvalue weighted by atomic mass is 10.3. The van der Waals surface area contributed by atoms with E-state index in [-0.39, 0.29) is 22.9 Å². The summed E-state index contributed by atoms with van der Waals surface area (Å²) in [6, 6.07) is 10.8. The quantitative estimate of drug-likeness (QED) is 0.203. The van der Waals surface area contributed by atoms with Crippen LogP contribution in [0.3, 0.4) is 0 Å². The molecule has 0 aliphatic carbocycles. The Balaban J connectivity index is 2.17. The zero-order valence-electron chi connectivity index (χ0n) is 15.1. The van der Waals surface area contributed by atoms with Crippen molar-refractivity contribution in [3.05, 3.63) is 68.8 Å².